The molecule has 0 spiro atoms. The normalized spacial score (nSPS) is 17.8. The molecule has 0 fully saturated rings. The van der Waals surface area contributed by atoms with Gasteiger partial charge in [0.1, 0.15) is 0 Å². The van der Waals surface area contributed by atoms with Crippen molar-refractivity contribution in [1.29, 1.82) is 0 Å². The van der Waals surface area contributed by atoms with E-state index in [4.69, 9.17) is 0 Å². The number of benzene rings is 1. The maximum atomic E-state index is 12.6. The summed E-state index contributed by atoms with van der Waals surface area (Å²) in [6.45, 7) is 1.51. The number of nitrogens with zero attached hydrogens (tertiary/aromatic N) is 2. The lowest BCUT2D eigenvalue weighted by atomic mass is 9.86. The van der Waals surface area contributed by atoms with Crippen LogP contribution in [0.25, 0.3) is 0 Å². The molecule has 3 aromatic rings. The quantitative estimate of drug-likeness (QED) is 0.667. The number of carbonyl (C=O) groups excluding carboxylic acids is 1. The molecule has 2 atom stereocenters. The first-order chi connectivity index (χ1) is 12.6. The Balaban J connectivity index is 1.50. The number of aliphatic hydroxyl groups excluding tert-OH is 1. The maximum absolute atomic E-state index is 12.6. The third-order valence-electron chi connectivity index (χ3n) is 5.05. The van der Waals surface area contributed by atoms with Gasteiger partial charge in [0, 0.05) is 34.9 Å². The van der Waals surface area contributed by atoms with Gasteiger partial charge >= 0.3 is 0 Å². The molecule has 2 aromatic heterocycles. The van der Waals surface area contributed by atoms with E-state index in [9.17, 15) is 9.90 Å². The first-order valence-corrected chi connectivity index (χ1v) is 9.52. The van der Waals surface area contributed by atoms with Crippen molar-refractivity contribution in [1.82, 2.24) is 4.57 Å². The Hall–Kier alpha value is -2.24. The Morgan fingerprint density at radius 3 is 2.69 bits per heavy atom. The van der Waals surface area contributed by atoms with Gasteiger partial charge in [-0.3, -0.25) is 4.79 Å². The van der Waals surface area contributed by atoms with Crippen molar-refractivity contribution in [3.05, 3.63) is 88.4 Å². The van der Waals surface area contributed by atoms with Crippen LogP contribution in [0, 0.1) is 5.92 Å². The Bertz CT molecular complexity index is 933. The molecule has 0 unspecified atom stereocenters. The minimum Gasteiger partial charge on any atom is -0.388 e. The van der Waals surface area contributed by atoms with E-state index in [1.54, 1.807) is 0 Å². The van der Waals surface area contributed by atoms with Gasteiger partial charge in [-0.05, 0) is 30.2 Å². The minimum absolute atomic E-state index is 0.0266. The highest BCUT2D eigenvalue weighted by atomic mass is 79.9. The largest absolute Gasteiger partial charge is 0.388 e. The zero-order chi connectivity index (χ0) is 18.1. The number of ketones is 1. The topological polar surface area (TPSA) is 46.1 Å². The van der Waals surface area contributed by atoms with E-state index < -0.39 is 6.10 Å². The summed E-state index contributed by atoms with van der Waals surface area (Å²) in [5.41, 5.74) is 2.67. The molecule has 1 N–H and O–H groups in total. The molecule has 0 bridgehead atoms. The van der Waals surface area contributed by atoms with Crippen LogP contribution in [0.4, 0.5) is 0 Å². The van der Waals surface area contributed by atoms with Crippen LogP contribution < -0.4 is 4.57 Å². The number of aliphatic hydroxyl groups is 1. The average Bonchev–Trinajstić information content (AvgIpc) is 3.14. The SMILES string of the molecule is O=C1c2cccn2CC[C@@H]1[C@@H](O)c1cc[n+](Cc2ccccc2Br)cc1. The molecule has 0 aliphatic carbocycles. The fourth-order valence-corrected chi connectivity index (χ4v) is 3.97. The summed E-state index contributed by atoms with van der Waals surface area (Å²) in [6.07, 6.45) is 5.71. The third kappa shape index (κ3) is 3.24. The molecular formula is C21H20BrN2O2+. The van der Waals surface area contributed by atoms with Crippen molar-refractivity contribution in [2.45, 2.75) is 25.6 Å². The number of fused-ring (bicyclic) bond motifs is 1. The molecule has 4 nitrogen and oxygen atoms in total. The molecule has 0 radical (unpaired) electrons. The second-order valence-electron chi connectivity index (χ2n) is 6.69. The van der Waals surface area contributed by atoms with E-state index in [-0.39, 0.29) is 11.7 Å². The summed E-state index contributed by atoms with van der Waals surface area (Å²) < 4.78 is 5.10. The summed E-state index contributed by atoms with van der Waals surface area (Å²) in [4.78, 5) is 12.6. The molecule has 0 amide bonds. The second kappa shape index (κ2) is 7.17. The van der Waals surface area contributed by atoms with E-state index in [0.717, 1.165) is 23.1 Å². The molecule has 132 valence electrons. The number of pyridine rings is 1. The number of halogens is 1. The van der Waals surface area contributed by atoms with Crippen LogP contribution in [0.5, 0.6) is 0 Å². The second-order valence-corrected chi connectivity index (χ2v) is 7.54. The van der Waals surface area contributed by atoms with Crippen LogP contribution in [0.3, 0.4) is 0 Å². The van der Waals surface area contributed by atoms with Crippen molar-refractivity contribution < 1.29 is 14.5 Å². The zero-order valence-electron chi connectivity index (χ0n) is 14.3. The van der Waals surface area contributed by atoms with Crippen LogP contribution in [0.15, 0.2) is 71.6 Å². The van der Waals surface area contributed by atoms with E-state index in [1.165, 1.54) is 5.56 Å². The fourth-order valence-electron chi connectivity index (χ4n) is 3.56. The van der Waals surface area contributed by atoms with Gasteiger partial charge in [0.05, 0.1) is 17.7 Å². The highest BCUT2D eigenvalue weighted by Gasteiger charge is 2.33. The smallest absolute Gasteiger partial charge is 0.185 e. The van der Waals surface area contributed by atoms with Crippen LogP contribution in [-0.2, 0) is 13.1 Å². The Morgan fingerprint density at radius 2 is 1.92 bits per heavy atom. The van der Waals surface area contributed by atoms with Gasteiger partial charge in [0.25, 0.3) is 0 Å². The van der Waals surface area contributed by atoms with E-state index in [1.807, 2.05) is 65.6 Å². The number of aryl methyl sites for hydroxylation is 1. The van der Waals surface area contributed by atoms with Gasteiger partial charge in [0.15, 0.2) is 24.7 Å². The van der Waals surface area contributed by atoms with Gasteiger partial charge in [-0.25, -0.2) is 4.57 Å². The van der Waals surface area contributed by atoms with E-state index in [2.05, 4.69) is 26.6 Å². The van der Waals surface area contributed by atoms with Gasteiger partial charge in [0.2, 0.25) is 0 Å². The molecule has 3 heterocycles. The van der Waals surface area contributed by atoms with Crippen molar-refractivity contribution in [2.24, 2.45) is 5.92 Å². The van der Waals surface area contributed by atoms with Crippen molar-refractivity contribution in [2.75, 3.05) is 0 Å². The Kier molecular flexibility index (Phi) is 4.74. The number of hydrogen-bond acceptors (Lipinski definition) is 2. The lowest BCUT2D eigenvalue weighted by Gasteiger charge is -2.27. The molecule has 1 aliphatic rings. The minimum atomic E-state index is -0.774. The van der Waals surface area contributed by atoms with Gasteiger partial charge in [-0.1, -0.05) is 34.1 Å². The molecule has 5 heteroatoms. The molecule has 0 saturated carbocycles. The molecular weight excluding hydrogens is 392 g/mol. The first-order valence-electron chi connectivity index (χ1n) is 8.73. The standard InChI is InChI=1S/C21H20BrN2O2/c22-18-5-2-1-4-16(18)14-23-11-7-15(8-12-23)20(25)17-9-13-24-10-3-6-19(24)21(17)26/h1-8,10-12,17,20,25H,9,13-14H2/q+1/t17-,20+/m1/s1. The monoisotopic (exact) mass is 411 g/mol. The summed E-state index contributed by atoms with van der Waals surface area (Å²) in [5, 5.41) is 10.8. The van der Waals surface area contributed by atoms with Crippen molar-refractivity contribution in [3.63, 3.8) is 0 Å². The van der Waals surface area contributed by atoms with Gasteiger partial charge in [-0.15, -0.1) is 0 Å². The predicted molar refractivity (Wildman–Crippen MR) is 102 cm³/mol. The fraction of sp³-hybridized carbons (Fsp3) is 0.238. The molecule has 1 aliphatic heterocycles. The molecule has 1 aromatic carbocycles. The third-order valence-corrected chi connectivity index (χ3v) is 5.82. The highest BCUT2D eigenvalue weighted by molar-refractivity contribution is 9.10. The summed E-state index contributed by atoms with van der Waals surface area (Å²) in [6, 6.07) is 15.6. The van der Waals surface area contributed by atoms with Crippen molar-refractivity contribution >= 4 is 21.7 Å². The molecule has 26 heavy (non-hydrogen) atoms. The van der Waals surface area contributed by atoms with Crippen LogP contribution in [0.1, 0.15) is 34.1 Å². The lowest BCUT2D eigenvalue weighted by Crippen LogP contribution is -2.34. The Morgan fingerprint density at radius 1 is 1.15 bits per heavy atom. The number of hydrogen-bond donors (Lipinski definition) is 1. The molecule has 4 rings (SSSR count). The number of Topliss-reactive ketones (excluding diaryl/α,β-unsaturated/α-hetero) is 1. The van der Waals surface area contributed by atoms with Gasteiger partial charge in [-0.2, -0.15) is 0 Å². The first kappa shape index (κ1) is 17.2. The van der Waals surface area contributed by atoms with E-state index >= 15 is 0 Å². The van der Waals surface area contributed by atoms with E-state index in [0.29, 0.717) is 12.1 Å². The van der Waals surface area contributed by atoms with Crippen LogP contribution in [0.2, 0.25) is 0 Å². The maximum Gasteiger partial charge on any atom is 0.185 e. The van der Waals surface area contributed by atoms with Crippen LogP contribution >= 0.6 is 15.9 Å². The number of rotatable bonds is 4. The molecule has 0 saturated heterocycles. The Labute approximate surface area is 160 Å². The summed E-state index contributed by atoms with van der Waals surface area (Å²) in [5.74, 6) is -0.352. The predicted octanol–water partition coefficient (Wildman–Crippen LogP) is 3.52. The number of aromatic nitrogens is 2. The number of carbonyl (C=O) groups is 1. The highest BCUT2D eigenvalue weighted by Crippen LogP contribution is 2.31. The zero-order valence-corrected chi connectivity index (χ0v) is 15.8. The average molecular weight is 412 g/mol. The van der Waals surface area contributed by atoms with Crippen LogP contribution in [-0.4, -0.2) is 15.5 Å². The lowest BCUT2D eigenvalue weighted by molar-refractivity contribution is -0.688. The summed E-state index contributed by atoms with van der Waals surface area (Å²) >= 11 is 3.57. The van der Waals surface area contributed by atoms with Gasteiger partial charge < -0.3 is 9.67 Å². The van der Waals surface area contributed by atoms with Crippen molar-refractivity contribution in [3.8, 4) is 0 Å². The summed E-state index contributed by atoms with van der Waals surface area (Å²) in [7, 11) is 0.